The zero-order valence-electron chi connectivity index (χ0n) is 15.3. The number of aliphatic hydroxyl groups excluding tert-OH is 1. The number of guanidine groups is 1. The Morgan fingerprint density at radius 3 is 2.38 bits per heavy atom. The topological polar surface area (TPSA) is 56.7 Å². The number of rotatable bonds is 8. The average molecular weight is 485 g/mol. The Bertz CT molecular complexity index is 650. The second-order valence-electron chi connectivity index (χ2n) is 5.69. The van der Waals surface area contributed by atoms with E-state index in [0.717, 1.165) is 18.1 Å². The smallest absolute Gasteiger partial charge is 0.191 e. The molecule has 0 aliphatic carbocycles. The van der Waals surface area contributed by atoms with E-state index in [9.17, 15) is 5.11 Å². The third-order valence-corrected chi connectivity index (χ3v) is 4.56. The third-order valence-electron chi connectivity index (χ3n) is 3.82. The first-order chi connectivity index (χ1) is 12.2. The molecule has 0 fully saturated rings. The van der Waals surface area contributed by atoms with Gasteiger partial charge in [-0.2, -0.15) is 0 Å². The second-order valence-corrected chi connectivity index (χ2v) is 6.56. The highest BCUT2D eigenvalue weighted by molar-refractivity contribution is 14.0. The molecule has 2 aromatic carbocycles. The maximum Gasteiger partial charge on any atom is 0.191 e. The van der Waals surface area contributed by atoms with Gasteiger partial charge in [0.15, 0.2) is 5.96 Å². The van der Waals surface area contributed by atoms with Crippen LogP contribution in [0.15, 0.2) is 64.5 Å². The molecule has 0 amide bonds. The van der Waals surface area contributed by atoms with Gasteiger partial charge in [-0.1, -0.05) is 42.5 Å². The number of nitrogens with one attached hydrogen (secondary N) is 2. The van der Waals surface area contributed by atoms with Crippen LogP contribution in [0, 0.1) is 0 Å². The lowest BCUT2D eigenvalue weighted by molar-refractivity contribution is 0.168. The summed E-state index contributed by atoms with van der Waals surface area (Å²) in [7, 11) is 0. The SMILES string of the molecule is CCNC(=NCc1ccc(SC)cc1)NCCC(O)c1ccccc1.I. The van der Waals surface area contributed by atoms with Crippen LogP contribution in [0.2, 0.25) is 0 Å². The van der Waals surface area contributed by atoms with E-state index in [1.54, 1.807) is 11.8 Å². The highest BCUT2D eigenvalue weighted by Crippen LogP contribution is 2.16. The van der Waals surface area contributed by atoms with Crippen LogP contribution in [-0.2, 0) is 6.54 Å². The minimum Gasteiger partial charge on any atom is -0.388 e. The Morgan fingerprint density at radius 1 is 1.08 bits per heavy atom. The van der Waals surface area contributed by atoms with Gasteiger partial charge in [0.05, 0.1) is 12.6 Å². The van der Waals surface area contributed by atoms with Gasteiger partial charge >= 0.3 is 0 Å². The van der Waals surface area contributed by atoms with Gasteiger partial charge < -0.3 is 15.7 Å². The maximum absolute atomic E-state index is 10.2. The Labute approximate surface area is 177 Å². The van der Waals surface area contributed by atoms with Crippen molar-refractivity contribution in [3.05, 3.63) is 65.7 Å². The van der Waals surface area contributed by atoms with Crippen LogP contribution in [0.5, 0.6) is 0 Å². The predicted octanol–water partition coefficient (Wildman–Crippen LogP) is 4.21. The standard InChI is InChI=1S/C20H27N3OS.HI/c1-3-21-20(23-15-16-9-11-18(25-2)12-10-16)22-14-13-19(24)17-7-5-4-6-8-17;/h4-12,19,24H,3,13-15H2,1-2H3,(H2,21,22,23);1H. The minimum absolute atomic E-state index is 0. The molecule has 142 valence electrons. The molecule has 0 aliphatic heterocycles. The monoisotopic (exact) mass is 485 g/mol. The van der Waals surface area contributed by atoms with Gasteiger partial charge in [0.25, 0.3) is 0 Å². The van der Waals surface area contributed by atoms with Gasteiger partial charge in [-0.15, -0.1) is 35.7 Å². The quantitative estimate of drug-likeness (QED) is 0.227. The first kappa shape index (κ1) is 22.8. The van der Waals surface area contributed by atoms with Crippen LogP contribution in [0.1, 0.15) is 30.6 Å². The number of thioether (sulfide) groups is 1. The fourth-order valence-corrected chi connectivity index (χ4v) is 2.82. The number of aliphatic imine (C=N–C) groups is 1. The van der Waals surface area contributed by atoms with Gasteiger partial charge in [0.2, 0.25) is 0 Å². The van der Waals surface area contributed by atoms with E-state index >= 15 is 0 Å². The molecule has 0 radical (unpaired) electrons. The summed E-state index contributed by atoms with van der Waals surface area (Å²) in [6, 6.07) is 18.2. The van der Waals surface area contributed by atoms with Crippen LogP contribution < -0.4 is 10.6 Å². The number of halogens is 1. The van der Waals surface area contributed by atoms with Gasteiger partial charge in [0.1, 0.15) is 0 Å². The van der Waals surface area contributed by atoms with E-state index in [1.165, 1.54) is 10.5 Å². The van der Waals surface area contributed by atoms with Gasteiger partial charge in [-0.3, -0.25) is 0 Å². The van der Waals surface area contributed by atoms with E-state index in [2.05, 4.69) is 46.1 Å². The van der Waals surface area contributed by atoms with Crippen LogP contribution >= 0.6 is 35.7 Å². The molecule has 1 unspecified atom stereocenters. The Balaban J connectivity index is 0.00000338. The molecule has 0 spiro atoms. The largest absolute Gasteiger partial charge is 0.388 e. The average Bonchev–Trinajstić information content (AvgIpc) is 2.67. The van der Waals surface area contributed by atoms with Crippen LogP contribution in [0.4, 0.5) is 0 Å². The van der Waals surface area contributed by atoms with Crippen molar-refractivity contribution in [1.82, 2.24) is 10.6 Å². The van der Waals surface area contributed by atoms with Crippen molar-refractivity contribution < 1.29 is 5.11 Å². The van der Waals surface area contributed by atoms with Crippen molar-refractivity contribution in [3.63, 3.8) is 0 Å². The second kappa shape index (κ2) is 13.0. The van der Waals surface area contributed by atoms with Crippen molar-refractivity contribution in [2.75, 3.05) is 19.3 Å². The molecule has 0 aliphatic rings. The van der Waals surface area contributed by atoms with E-state index in [-0.39, 0.29) is 24.0 Å². The summed E-state index contributed by atoms with van der Waals surface area (Å²) in [4.78, 5) is 5.87. The van der Waals surface area contributed by atoms with Crippen molar-refractivity contribution >= 4 is 41.7 Å². The Morgan fingerprint density at radius 2 is 1.77 bits per heavy atom. The van der Waals surface area contributed by atoms with Crippen LogP contribution in [0.25, 0.3) is 0 Å². The van der Waals surface area contributed by atoms with Crippen LogP contribution in [0.3, 0.4) is 0 Å². The zero-order chi connectivity index (χ0) is 17.9. The lowest BCUT2D eigenvalue weighted by Gasteiger charge is -2.14. The maximum atomic E-state index is 10.2. The lowest BCUT2D eigenvalue weighted by Crippen LogP contribution is -2.38. The molecule has 3 N–H and O–H groups in total. The molecule has 2 aromatic rings. The number of nitrogens with zero attached hydrogens (tertiary/aromatic N) is 1. The number of aliphatic hydroxyl groups is 1. The van der Waals surface area contributed by atoms with E-state index < -0.39 is 6.10 Å². The highest BCUT2D eigenvalue weighted by Gasteiger charge is 2.07. The third kappa shape index (κ3) is 7.97. The molecule has 1 atom stereocenters. The predicted molar refractivity (Wildman–Crippen MR) is 122 cm³/mol. The first-order valence-corrected chi connectivity index (χ1v) is 9.83. The summed E-state index contributed by atoms with van der Waals surface area (Å²) in [5.74, 6) is 0.775. The van der Waals surface area contributed by atoms with Gasteiger partial charge in [0, 0.05) is 18.0 Å². The van der Waals surface area contributed by atoms with E-state index in [4.69, 9.17) is 0 Å². The molecule has 0 heterocycles. The number of hydrogen-bond donors (Lipinski definition) is 3. The fourth-order valence-electron chi connectivity index (χ4n) is 2.41. The normalized spacial score (nSPS) is 12.2. The molecule has 6 heteroatoms. The summed E-state index contributed by atoms with van der Waals surface area (Å²) < 4.78 is 0. The van der Waals surface area contributed by atoms with E-state index in [0.29, 0.717) is 19.5 Å². The summed E-state index contributed by atoms with van der Waals surface area (Å²) in [5.41, 5.74) is 2.12. The first-order valence-electron chi connectivity index (χ1n) is 8.61. The van der Waals surface area contributed by atoms with Crippen molar-refractivity contribution in [1.29, 1.82) is 0 Å². The molecular formula is C20H28IN3OS. The number of hydrogen-bond acceptors (Lipinski definition) is 3. The molecule has 26 heavy (non-hydrogen) atoms. The number of benzene rings is 2. The summed E-state index contributed by atoms with van der Waals surface area (Å²) in [6.45, 7) is 4.14. The molecule has 0 aromatic heterocycles. The minimum atomic E-state index is -0.462. The van der Waals surface area contributed by atoms with Crippen LogP contribution in [-0.4, -0.2) is 30.4 Å². The van der Waals surface area contributed by atoms with Gasteiger partial charge in [-0.05, 0) is 42.9 Å². The molecule has 0 saturated heterocycles. The Kier molecular flexibility index (Phi) is 11.4. The van der Waals surface area contributed by atoms with Crippen molar-refractivity contribution in [3.8, 4) is 0 Å². The van der Waals surface area contributed by atoms with Crippen molar-refractivity contribution in [2.24, 2.45) is 4.99 Å². The molecule has 4 nitrogen and oxygen atoms in total. The molecule has 0 bridgehead atoms. The molecule has 2 rings (SSSR count). The highest BCUT2D eigenvalue weighted by atomic mass is 127. The lowest BCUT2D eigenvalue weighted by atomic mass is 10.1. The molecular weight excluding hydrogens is 457 g/mol. The summed E-state index contributed by atoms with van der Waals surface area (Å²) >= 11 is 1.74. The summed E-state index contributed by atoms with van der Waals surface area (Å²) in [6.07, 6.45) is 2.25. The Hall–Kier alpha value is -1.25. The molecule has 0 saturated carbocycles. The van der Waals surface area contributed by atoms with Crippen molar-refractivity contribution in [2.45, 2.75) is 30.9 Å². The zero-order valence-corrected chi connectivity index (χ0v) is 18.5. The summed E-state index contributed by atoms with van der Waals surface area (Å²) in [5, 5.41) is 16.7. The van der Waals surface area contributed by atoms with Gasteiger partial charge in [-0.25, -0.2) is 4.99 Å². The van der Waals surface area contributed by atoms with E-state index in [1.807, 2.05) is 37.3 Å². The fraction of sp³-hybridized carbons (Fsp3) is 0.350.